The van der Waals surface area contributed by atoms with Gasteiger partial charge in [0.2, 0.25) is 10.0 Å². The molecule has 0 spiro atoms. The lowest BCUT2D eigenvalue weighted by atomic mass is 10.3. The first kappa shape index (κ1) is 16.2. The summed E-state index contributed by atoms with van der Waals surface area (Å²) in [5.41, 5.74) is 0. The van der Waals surface area contributed by atoms with Crippen LogP contribution in [0.3, 0.4) is 0 Å². The molecule has 2 aromatic rings. The number of sulfonamides is 1. The second-order valence-electron chi connectivity index (χ2n) is 4.39. The Morgan fingerprint density at radius 1 is 1.38 bits per heavy atom. The Bertz CT molecular complexity index is 716. The molecule has 0 aromatic carbocycles. The summed E-state index contributed by atoms with van der Waals surface area (Å²) in [7, 11) is -3.61. The molecule has 0 aliphatic carbocycles. The van der Waals surface area contributed by atoms with Crippen molar-refractivity contribution in [2.45, 2.75) is 24.8 Å². The van der Waals surface area contributed by atoms with E-state index in [9.17, 15) is 8.42 Å². The maximum atomic E-state index is 12.4. The Kier molecular flexibility index (Phi) is 5.21. The Morgan fingerprint density at radius 3 is 2.76 bits per heavy atom. The number of thiophene rings is 1. The zero-order valence-corrected chi connectivity index (χ0v) is 14.0. The minimum Gasteiger partial charge on any atom is -0.370 e. The summed E-state index contributed by atoms with van der Waals surface area (Å²) in [5.74, 6) is 0.534. The molecule has 0 saturated carbocycles. The van der Waals surface area contributed by atoms with Crippen molar-refractivity contribution in [3.8, 4) is 0 Å². The van der Waals surface area contributed by atoms with Crippen LogP contribution in [0.4, 0.5) is 5.82 Å². The van der Waals surface area contributed by atoms with Crippen molar-refractivity contribution < 1.29 is 8.42 Å². The third kappa shape index (κ3) is 4.16. The molecule has 0 radical (unpaired) electrons. The number of nitrogens with zero attached hydrogens (tertiary/aromatic N) is 1. The molecule has 0 fully saturated rings. The van der Waals surface area contributed by atoms with E-state index in [1.54, 1.807) is 13.0 Å². The lowest BCUT2D eigenvalue weighted by molar-refractivity contribution is 0.568. The Morgan fingerprint density at radius 2 is 2.14 bits per heavy atom. The van der Waals surface area contributed by atoms with Gasteiger partial charge in [0.1, 0.15) is 5.82 Å². The van der Waals surface area contributed by atoms with Crippen LogP contribution in [0.5, 0.6) is 0 Å². The van der Waals surface area contributed by atoms with Gasteiger partial charge in [0.05, 0.1) is 15.3 Å². The highest BCUT2D eigenvalue weighted by Gasteiger charge is 2.20. The van der Waals surface area contributed by atoms with Crippen molar-refractivity contribution in [2.75, 3.05) is 11.9 Å². The highest BCUT2D eigenvalue weighted by atomic mass is 35.5. The fraction of sp³-hybridized carbons (Fsp3) is 0.308. The van der Waals surface area contributed by atoms with Crippen molar-refractivity contribution in [3.05, 3.63) is 39.7 Å². The molecule has 5 nitrogen and oxygen atoms in total. The van der Waals surface area contributed by atoms with Crippen LogP contribution in [-0.4, -0.2) is 19.9 Å². The zero-order valence-electron chi connectivity index (χ0n) is 11.6. The van der Waals surface area contributed by atoms with Gasteiger partial charge in [-0.15, -0.1) is 11.3 Å². The van der Waals surface area contributed by atoms with E-state index in [-0.39, 0.29) is 10.9 Å². The Labute approximate surface area is 133 Å². The molecular weight excluding hydrogens is 330 g/mol. The SMILES string of the molecule is CCNc1cc(S(=O)(=O)NC(C)c2ccc(Cl)s2)ccn1. The second-order valence-corrected chi connectivity index (χ2v) is 7.85. The van der Waals surface area contributed by atoms with Gasteiger partial charge in [0, 0.05) is 23.7 Å². The maximum absolute atomic E-state index is 12.4. The largest absolute Gasteiger partial charge is 0.370 e. The van der Waals surface area contributed by atoms with Gasteiger partial charge in [-0.2, -0.15) is 0 Å². The average Bonchev–Trinajstić information content (AvgIpc) is 2.86. The molecule has 2 rings (SSSR count). The molecule has 1 atom stereocenters. The van der Waals surface area contributed by atoms with Crippen LogP contribution in [0.2, 0.25) is 4.34 Å². The van der Waals surface area contributed by atoms with E-state index < -0.39 is 10.0 Å². The molecule has 21 heavy (non-hydrogen) atoms. The molecule has 0 amide bonds. The van der Waals surface area contributed by atoms with Gasteiger partial charge < -0.3 is 5.32 Å². The first-order valence-corrected chi connectivity index (χ1v) is 9.07. The zero-order chi connectivity index (χ0) is 15.5. The fourth-order valence-corrected chi connectivity index (χ4v) is 4.15. The molecule has 2 N–H and O–H groups in total. The summed E-state index contributed by atoms with van der Waals surface area (Å²) >= 11 is 7.23. The predicted octanol–water partition coefficient (Wildman–Crippen LogP) is 3.27. The predicted molar refractivity (Wildman–Crippen MR) is 86.5 cm³/mol. The molecular formula is C13H16ClN3O2S2. The molecule has 0 aliphatic rings. The third-order valence-corrected chi connectivity index (χ3v) is 5.70. The number of halogens is 1. The highest BCUT2D eigenvalue weighted by Crippen LogP contribution is 2.27. The van der Waals surface area contributed by atoms with Gasteiger partial charge in [-0.1, -0.05) is 11.6 Å². The number of hydrogen-bond acceptors (Lipinski definition) is 5. The molecule has 2 heterocycles. The van der Waals surface area contributed by atoms with Crippen molar-refractivity contribution in [1.29, 1.82) is 0 Å². The van der Waals surface area contributed by atoms with E-state index in [1.165, 1.54) is 29.7 Å². The standard InChI is InChI=1S/C13H16ClN3O2S2/c1-3-15-13-8-10(6-7-16-13)21(18,19)17-9(2)11-4-5-12(14)20-11/h4-9,17H,3H2,1-2H3,(H,15,16). The number of hydrogen-bond donors (Lipinski definition) is 2. The van der Waals surface area contributed by atoms with Crippen LogP contribution >= 0.6 is 22.9 Å². The lowest BCUT2D eigenvalue weighted by Crippen LogP contribution is -2.26. The quantitative estimate of drug-likeness (QED) is 0.842. The highest BCUT2D eigenvalue weighted by molar-refractivity contribution is 7.89. The molecule has 114 valence electrons. The van der Waals surface area contributed by atoms with Gasteiger partial charge in [-0.05, 0) is 32.0 Å². The summed E-state index contributed by atoms with van der Waals surface area (Å²) < 4.78 is 28.0. The van der Waals surface area contributed by atoms with Crippen LogP contribution in [0.25, 0.3) is 0 Å². The summed E-state index contributed by atoms with van der Waals surface area (Å²) in [6.45, 7) is 4.38. The molecule has 0 saturated heterocycles. The monoisotopic (exact) mass is 345 g/mol. The third-order valence-electron chi connectivity index (χ3n) is 2.75. The lowest BCUT2D eigenvalue weighted by Gasteiger charge is -2.13. The van der Waals surface area contributed by atoms with Gasteiger partial charge in [-0.3, -0.25) is 0 Å². The first-order valence-electron chi connectivity index (χ1n) is 6.40. The van der Waals surface area contributed by atoms with Crippen LogP contribution in [0, 0.1) is 0 Å². The summed E-state index contributed by atoms with van der Waals surface area (Å²) in [4.78, 5) is 5.11. The van der Waals surface area contributed by atoms with Gasteiger partial charge in [0.25, 0.3) is 0 Å². The van der Waals surface area contributed by atoms with Gasteiger partial charge in [0.15, 0.2) is 0 Å². The van der Waals surface area contributed by atoms with Gasteiger partial charge in [-0.25, -0.2) is 18.1 Å². The number of rotatable bonds is 6. The van der Waals surface area contributed by atoms with Crippen molar-refractivity contribution in [1.82, 2.24) is 9.71 Å². The summed E-state index contributed by atoms with van der Waals surface area (Å²) in [5, 5.41) is 2.99. The maximum Gasteiger partial charge on any atom is 0.241 e. The average molecular weight is 346 g/mol. The smallest absolute Gasteiger partial charge is 0.241 e. The minimum atomic E-state index is -3.61. The topological polar surface area (TPSA) is 71.1 Å². The van der Waals surface area contributed by atoms with Crippen LogP contribution in [0.1, 0.15) is 24.8 Å². The number of pyridine rings is 1. The van der Waals surface area contributed by atoms with E-state index in [0.29, 0.717) is 16.7 Å². The van der Waals surface area contributed by atoms with E-state index >= 15 is 0 Å². The molecule has 0 aliphatic heterocycles. The van der Waals surface area contributed by atoms with E-state index in [0.717, 1.165) is 4.88 Å². The normalized spacial score (nSPS) is 13.1. The van der Waals surface area contributed by atoms with Gasteiger partial charge >= 0.3 is 0 Å². The molecule has 2 aromatic heterocycles. The van der Waals surface area contributed by atoms with Crippen LogP contribution in [-0.2, 0) is 10.0 Å². The van der Waals surface area contributed by atoms with E-state index in [1.807, 2.05) is 13.0 Å². The van der Waals surface area contributed by atoms with Crippen molar-refractivity contribution in [2.24, 2.45) is 0 Å². The summed E-state index contributed by atoms with van der Waals surface area (Å²) in [6, 6.07) is 6.21. The molecule has 0 bridgehead atoms. The Hall–Kier alpha value is -1.15. The molecule has 8 heteroatoms. The van der Waals surface area contributed by atoms with E-state index in [4.69, 9.17) is 11.6 Å². The van der Waals surface area contributed by atoms with Crippen molar-refractivity contribution >= 4 is 38.8 Å². The first-order chi connectivity index (χ1) is 9.92. The van der Waals surface area contributed by atoms with Crippen LogP contribution in [0.15, 0.2) is 35.4 Å². The second kappa shape index (κ2) is 6.74. The van der Waals surface area contributed by atoms with Crippen LogP contribution < -0.4 is 10.0 Å². The number of aromatic nitrogens is 1. The Balaban J connectivity index is 2.19. The minimum absolute atomic E-state index is 0.183. The fourth-order valence-electron chi connectivity index (χ4n) is 1.78. The summed E-state index contributed by atoms with van der Waals surface area (Å²) in [6.07, 6.45) is 1.47. The van der Waals surface area contributed by atoms with Crippen molar-refractivity contribution in [3.63, 3.8) is 0 Å². The number of anilines is 1. The number of nitrogens with one attached hydrogen (secondary N) is 2. The van der Waals surface area contributed by atoms with E-state index in [2.05, 4.69) is 15.0 Å². The molecule has 1 unspecified atom stereocenters.